The van der Waals surface area contributed by atoms with Crippen LogP contribution in [0.4, 0.5) is 9.59 Å². The molecule has 2 aromatic carbocycles. The van der Waals surface area contributed by atoms with Crippen LogP contribution in [0.3, 0.4) is 0 Å². The number of alkyl carbamates (subject to hydrolysis) is 2. The van der Waals surface area contributed by atoms with Gasteiger partial charge in [-0.15, -0.1) is 0 Å². The predicted octanol–water partition coefficient (Wildman–Crippen LogP) is 7.63. The van der Waals surface area contributed by atoms with E-state index in [-0.39, 0.29) is 18.2 Å². The van der Waals surface area contributed by atoms with E-state index in [4.69, 9.17) is 19.3 Å². The molecule has 51 heavy (non-hydrogen) atoms. The van der Waals surface area contributed by atoms with Crippen molar-refractivity contribution in [3.8, 4) is 0 Å². The van der Waals surface area contributed by atoms with Gasteiger partial charge in [-0.1, -0.05) is 118 Å². The second-order valence-electron chi connectivity index (χ2n) is 15.5. The molecule has 2 rings (SSSR count). The molecule has 0 fully saturated rings. The summed E-state index contributed by atoms with van der Waals surface area (Å²) in [4.78, 5) is 69.8. The van der Waals surface area contributed by atoms with E-state index in [1.54, 1.807) is 113 Å². The molecule has 0 saturated heterocycles. The number of aliphatic carboxylic acids is 1. The van der Waals surface area contributed by atoms with Crippen molar-refractivity contribution < 1.29 is 48.1 Å². The lowest BCUT2D eigenvalue weighted by Crippen LogP contribution is -2.51. The summed E-state index contributed by atoms with van der Waals surface area (Å²) in [7, 11) is 0. The number of alkyl halides is 1. The molecule has 2 aromatic rings. The highest BCUT2D eigenvalue weighted by molar-refractivity contribution is 9.09. The van der Waals surface area contributed by atoms with Gasteiger partial charge in [0.1, 0.15) is 23.3 Å². The van der Waals surface area contributed by atoms with Gasteiger partial charge in [-0.25, -0.2) is 19.2 Å². The van der Waals surface area contributed by atoms with E-state index in [9.17, 15) is 28.8 Å². The Morgan fingerprint density at radius 2 is 0.961 bits per heavy atom. The zero-order valence-corrected chi connectivity index (χ0v) is 33.4. The molecule has 0 aliphatic heterocycles. The third-order valence-corrected chi connectivity index (χ3v) is 6.70. The molecule has 13 heteroatoms. The first-order chi connectivity index (χ1) is 23.2. The topological polar surface area (TPSA) is 174 Å². The first kappa shape index (κ1) is 46.7. The number of carboxylic acids is 1. The number of esters is 1. The second kappa shape index (κ2) is 20.6. The van der Waals surface area contributed by atoms with Crippen LogP contribution in [-0.2, 0) is 23.8 Å². The van der Waals surface area contributed by atoms with Crippen molar-refractivity contribution in [2.75, 3.05) is 11.9 Å². The normalized spacial score (nSPS) is 12.6. The van der Waals surface area contributed by atoms with Crippen LogP contribution in [0.25, 0.3) is 0 Å². The molecule has 0 aliphatic carbocycles. The maximum atomic E-state index is 12.4. The summed E-state index contributed by atoms with van der Waals surface area (Å²) in [6.45, 7) is 20.6. The van der Waals surface area contributed by atoms with Gasteiger partial charge >= 0.3 is 24.1 Å². The van der Waals surface area contributed by atoms with Crippen LogP contribution in [0.5, 0.6) is 0 Å². The van der Waals surface area contributed by atoms with Crippen LogP contribution < -0.4 is 10.6 Å². The molecule has 0 bridgehead atoms. The quantitative estimate of drug-likeness (QED) is 0.0994. The Morgan fingerprint density at radius 3 is 1.27 bits per heavy atom. The van der Waals surface area contributed by atoms with E-state index in [1.807, 2.05) is 30.3 Å². The Labute approximate surface area is 310 Å². The number of benzene rings is 2. The van der Waals surface area contributed by atoms with E-state index >= 15 is 0 Å². The van der Waals surface area contributed by atoms with Gasteiger partial charge in [0.05, 0.1) is 5.33 Å². The highest BCUT2D eigenvalue weighted by Gasteiger charge is 2.36. The summed E-state index contributed by atoms with van der Waals surface area (Å²) >= 11 is 3.10. The number of carbonyl (C=O) groups excluding carboxylic acids is 5. The van der Waals surface area contributed by atoms with Crippen molar-refractivity contribution in [2.45, 2.75) is 106 Å². The van der Waals surface area contributed by atoms with E-state index in [0.29, 0.717) is 10.9 Å². The van der Waals surface area contributed by atoms with E-state index in [1.165, 1.54) is 0 Å². The summed E-state index contributed by atoms with van der Waals surface area (Å²) in [6.07, 6.45) is -1.42. The molecular weight excluding hydrogens is 724 g/mol. The number of ether oxygens (including phenoxy) is 3. The van der Waals surface area contributed by atoms with E-state index < -0.39 is 58.2 Å². The molecule has 0 radical (unpaired) electrons. The minimum atomic E-state index is -1.07. The first-order valence-electron chi connectivity index (χ1n) is 16.3. The Hall–Kier alpha value is -4.26. The highest BCUT2D eigenvalue weighted by Crippen LogP contribution is 2.22. The Balaban J connectivity index is 0.000000817. The minimum absolute atomic E-state index is 0.126. The fraction of sp³-hybridized carbons (Fsp3) is 0.526. The molecule has 0 heterocycles. The predicted molar refractivity (Wildman–Crippen MR) is 199 cm³/mol. The van der Waals surface area contributed by atoms with Crippen LogP contribution in [0, 0.1) is 10.8 Å². The lowest BCUT2D eigenvalue weighted by atomic mass is 9.87. The molecular formula is C38H55BrN2O10. The molecule has 0 aliphatic rings. The van der Waals surface area contributed by atoms with Gasteiger partial charge < -0.3 is 30.0 Å². The summed E-state index contributed by atoms with van der Waals surface area (Å²) in [5.74, 6) is -1.93. The number of halogens is 1. The van der Waals surface area contributed by atoms with Crippen molar-refractivity contribution >= 4 is 51.6 Å². The molecule has 3 N–H and O–H groups in total. The number of nitrogens with one attached hydrogen (secondary N) is 2. The molecule has 12 nitrogen and oxygen atoms in total. The van der Waals surface area contributed by atoms with Gasteiger partial charge in [-0.3, -0.25) is 9.59 Å². The number of hydrogen-bond donors (Lipinski definition) is 3. The summed E-state index contributed by atoms with van der Waals surface area (Å²) in [6, 6.07) is 15.9. The van der Waals surface area contributed by atoms with Crippen molar-refractivity contribution in [2.24, 2.45) is 10.8 Å². The molecule has 284 valence electrons. The van der Waals surface area contributed by atoms with Gasteiger partial charge in [0.25, 0.3) is 0 Å². The van der Waals surface area contributed by atoms with Crippen molar-refractivity contribution in [1.82, 2.24) is 10.6 Å². The van der Waals surface area contributed by atoms with Crippen molar-refractivity contribution in [3.63, 3.8) is 0 Å². The molecule has 0 spiro atoms. The molecule has 2 atom stereocenters. The number of ketones is 2. The standard InChI is InChI=1S/C19H27NO5.C11H21NO4.C8H7BrO/c1-18(2,3)15(20-17(23)25-19(4,5)6)16(22)24-12-14(21)13-10-8-7-9-11-13;1-10(2,3)7(8(13)14)12-9(15)16-11(4,5)6;9-6-8(10)7-4-2-1-3-5-7/h7-11,15H,12H2,1-6H3,(H,20,23);7H,1-6H3,(H,12,15)(H,13,14);1-5H,6H2/t15-;7-;/m00./s1. The molecule has 0 aromatic heterocycles. The van der Waals surface area contributed by atoms with Crippen LogP contribution in [-0.4, -0.2) is 76.0 Å². The van der Waals surface area contributed by atoms with Crippen molar-refractivity contribution in [1.29, 1.82) is 0 Å². The number of Topliss-reactive ketones (excluding diaryl/α,β-unsaturated/α-hetero) is 2. The lowest BCUT2D eigenvalue weighted by Gasteiger charge is -2.30. The lowest BCUT2D eigenvalue weighted by molar-refractivity contribution is -0.148. The Bertz CT molecular complexity index is 1440. The largest absolute Gasteiger partial charge is 0.480 e. The van der Waals surface area contributed by atoms with E-state index in [2.05, 4.69) is 26.6 Å². The first-order valence-corrected chi connectivity index (χ1v) is 17.4. The summed E-state index contributed by atoms with van der Waals surface area (Å²) < 4.78 is 15.3. The smallest absolute Gasteiger partial charge is 0.408 e. The number of amides is 2. The van der Waals surface area contributed by atoms with Gasteiger partial charge in [0, 0.05) is 11.1 Å². The zero-order chi connectivity index (χ0) is 39.8. The Morgan fingerprint density at radius 1 is 0.608 bits per heavy atom. The molecule has 0 saturated carbocycles. The van der Waals surface area contributed by atoms with Gasteiger partial charge in [0.15, 0.2) is 18.2 Å². The summed E-state index contributed by atoms with van der Waals surface area (Å²) in [5, 5.41) is 14.3. The maximum Gasteiger partial charge on any atom is 0.408 e. The highest BCUT2D eigenvalue weighted by atomic mass is 79.9. The number of carbonyl (C=O) groups is 6. The SMILES string of the molecule is CC(C)(C)OC(=O)N[C@@H](C(=O)O)C(C)(C)C.CC(C)(C)OC(=O)N[C@@H](C(=O)OCC(=O)c1ccccc1)C(C)(C)C.O=C(CBr)c1ccccc1. The zero-order valence-electron chi connectivity index (χ0n) is 31.8. The number of hydrogen-bond acceptors (Lipinski definition) is 9. The average Bonchev–Trinajstić information content (AvgIpc) is 2.99. The minimum Gasteiger partial charge on any atom is -0.480 e. The van der Waals surface area contributed by atoms with Crippen molar-refractivity contribution in [3.05, 3.63) is 71.8 Å². The van der Waals surface area contributed by atoms with Gasteiger partial charge in [-0.2, -0.15) is 0 Å². The average molecular weight is 780 g/mol. The van der Waals surface area contributed by atoms with Crippen LogP contribution >= 0.6 is 15.9 Å². The molecule has 0 unspecified atom stereocenters. The second-order valence-corrected chi connectivity index (χ2v) is 16.1. The number of carboxylic acid groups (broad SMARTS) is 1. The third-order valence-electron chi connectivity index (χ3n) is 6.20. The van der Waals surface area contributed by atoms with Crippen LogP contribution in [0.1, 0.15) is 104 Å². The van der Waals surface area contributed by atoms with Crippen LogP contribution in [0.2, 0.25) is 0 Å². The molecule has 2 amide bonds. The third kappa shape index (κ3) is 20.9. The van der Waals surface area contributed by atoms with E-state index in [0.717, 1.165) is 5.56 Å². The van der Waals surface area contributed by atoms with Gasteiger partial charge in [-0.05, 0) is 52.4 Å². The van der Waals surface area contributed by atoms with Crippen LogP contribution in [0.15, 0.2) is 60.7 Å². The maximum absolute atomic E-state index is 12.4. The fourth-order valence-electron chi connectivity index (χ4n) is 3.76. The monoisotopic (exact) mass is 778 g/mol. The fourth-order valence-corrected chi connectivity index (χ4v) is 4.08. The number of rotatable bonds is 9. The summed E-state index contributed by atoms with van der Waals surface area (Å²) in [5.41, 5.74) is -1.26. The Kier molecular flexibility index (Phi) is 18.8. The van der Waals surface area contributed by atoms with Gasteiger partial charge in [0.2, 0.25) is 0 Å².